The Kier molecular flexibility index (Phi) is 6.33. The highest BCUT2D eigenvalue weighted by atomic mass is 28.4. The SMILES string of the molecule is C/C(=C\C(C)(C)CCO[Si](C)(C)C(C)(C)C)c1cncc(F)c1. The summed E-state index contributed by atoms with van der Waals surface area (Å²) < 4.78 is 19.6. The molecule has 0 bridgehead atoms. The van der Waals surface area contributed by atoms with E-state index in [2.05, 4.69) is 58.8 Å². The summed E-state index contributed by atoms with van der Waals surface area (Å²) in [6.07, 6.45) is 6.07. The Labute approximate surface area is 142 Å². The van der Waals surface area contributed by atoms with Gasteiger partial charge in [-0.1, -0.05) is 40.7 Å². The minimum atomic E-state index is -1.70. The van der Waals surface area contributed by atoms with Gasteiger partial charge in [-0.2, -0.15) is 0 Å². The van der Waals surface area contributed by atoms with E-state index in [1.54, 1.807) is 6.20 Å². The van der Waals surface area contributed by atoms with Crippen molar-refractivity contribution in [3.05, 3.63) is 35.9 Å². The second-order valence-electron chi connectivity index (χ2n) is 8.57. The van der Waals surface area contributed by atoms with E-state index in [-0.39, 0.29) is 16.3 Å². The largest absolute Gasteiger partial charge is 0.417 e. The molecule has 0 saturated heterocycles. The number of allylic oxidation sites excluding steroid dienone is 2. The lowest BCUT2D eigenvalue weighted by Gasteiger charge is -2.37. The lowest BCUT2D eigenvalue weighted by molar-refractivity contribution is 0.241. The third-order valence-corrected chi connectivity index (χ3v) is 9.32. The molecule has 4 heteroatoms. The summed E-state index contributed by atoms with van der Waals surface area (Å²) >= 11 is 0. The Balaban J connectivity index is 2.71. The molecule has 0 aromatic carbocycles. The maximum absolute atomic E-state index is 13.3. The minimum absolute atomic E-state index is 0.00122. The zero-order valence-electron chi connectivity index (χ0n) is 16.0. The summed E-state index contributed by atoms with van der Waals surface area (Å²) in [5.74, 6) is -0.297. The van der Waals surface area contributed by atoms with E-state index in [1.807, 2.05) is 6.92 Å². The second-order valence-corrected chi connectivity index (χ2v) is 13.4. The summed E-state index contributed by atoms with van der Waals surface area (Å²) in [7, 11) is -1.70. The molecule has 0 atom stereocenters. The van der Waals surface area contributed by atoms with Gasteiger partial charge in [0, 0.05) is 12.8 Å². The van der Waals surface area contributed by atoms with Gasteiger partial charge in [-0.25, -0.2) is 4.39 Å². The van der Waals surface area contributed by atoms with Crippen molar-refractivity contribution >= 4 is 13.9 Å². The summed E-state index contributed by atoms with van der Waals surface area (Å²) in [6, 6.07) is 1.53. The molecular formula is C19H32FNOSi. The van der Waals surface area contributed by atoms with E-state index >= 15 is 0 Å². The van der Waals surface area contributed by atoms with Gasteiger partial charge < -0.3 is 4.43 Å². The highest BCUT2D eigenvalue weighted by molar-refractivity contribution is 6.74. The maximum Gasteiger partial charge on any atom is 0.191 e. The van der Waals surface area contributed by atoms with Gasteiger partial charge in [0.15, 0.2) is 8.32 Å². The molecule has 0 aliphatic carbocycles. The molecule has 1 aromatic heterocycles. The molecule has 0 radical (unpaired) electrons. The number of hydrogen-bond acceptors (Lipinski definition) is 2. The van der Waals surface area contributed by atoms with Crippen LogP contribution in [-0.4, -0.2) is 19.9 Å². The van der Waals surface area contributed by atoms with Crippen molar-refractivity contribution in [3.63, 3.8) is 0 Å². The molecular weight excluding hydrogens is 305 g/mol. The highest BCUT2D eigenvalue weighted by Crippen LogP contribution is 2.37. The Morgan fingerprint density at radius 2 is 1.83 bits per heavy atom. The lowest BCUT2D eigenvalue weighted by atomic mass is 9.86. The highest BCUT2D eigenvalue weighted by Gasteiger charge is 2.37. The average Bonchev–Trinajstić information content (AvgIpc) is 2.36. The number of halogens is 1. The van der Waals surface area contributed by atoms with E-state index in [4.69, 9.17) is 4.43 Å². The second kappa shape index (κ2) is 7.26. The maximum atomic E-state index is 13.3. The molecule has 23 heavy (non-hydrogen) atoms. The van der Waals surface area contributed by atoms with Crippen LogP contribution in [0.25, 0.3) is 5.57 Å². The van der Waals surface area contributed by atoms with Crippen LogP contribution in [-0.2, 0) is 4.43 Å². The van der Waals surface area contributed by atoms with E-state index in [0.29, 0.717) is 0 Å². The number of aromatic nitrogens is 1. The number of hydrogen-bond donors (Lipinski definition) is 0. The van der Waals surface area contributed by atoms with Crippen molar-refractivity contribution in [2.45, 2.75) is 66.1 Å². The molecule has 1 rings (SSSR count). The van der Waals surface area contributed by atoms with Crippen molar-refractivity contribution in [2.24, 2.45) is 5.41 Å². The van der Waals surface area contributed by atoms with Gasteiger partial charge in [0.25, 0.3) is 0 Å². The first-order valence-corrected chi connectivity index (χ1v) is 11.2. The quantitative estimate of drug-likeness (QED) is 0.588. The Hall–Kier alpha value is -1.00. The van der Waals surface area contributed by atoms with Gasteiger partial charge in [0.2, 0.25) is 0 Å². The number of rotatable bonds is 6. The van der Waals surface area contributed by atoms with Crippen LogP contribution in [0.2, 0.25) is 18.1 Å². The van der Waals surface area contributed by atoms with Crippen LogP contribution in [0.4, 0.5) is 4.39 Å². The first kappa shape index (κ1) is 20.0. The smallest absolute Gasteiger partial charge is 0.191 e. The Bertz CT molecular complexity index is 559. The van der Waals surface area contributed by atoms with Crippen LogP contribution in [0, 0.1) is 11.2 Å². The lowest BCUT2D eigenvalue weighted by Crippen LogP contribution is -2.41. The molecule has 130 valence electrons. The van der Waals surface area contributed by atoms with E-state index in [0.717, 1.165) is 24.2 Å². The van der Waals surface area contributed by atoms with Gasteiger partial charge >= 0.3 is 0 Å². The van der Waals surface area contributed by atoms with Gasteiger partial charge in [-0.15, -0.1) is 0 Å². The third kappa shape index (κ3) is 6.19. The zero-order valence-corrected chi connectivity index (χ0v) is 17.0. The van der Waals surface area contributed by atoms with Crippen molar-refractivity contribution in [1.29, 1.82) is 0 Å². The van der Waals surface area contributed by atoms with Crippen LogP contribution in [0.1, 0.15) is 53.5 Å². The van der Waals surface area contributed by atoms with E-state index < -0.39 is 8.32 Å². The Morgan fingerprint density at radius 1 is 1.22 bits per heavy atom. The molecule has 0 spiro atoms. The molecule has 0 unspecified atom stereocenters. The van der Waals surface area contributed by atoms with Gasteiger partial charge in [-0.05, 0) is 54.1 Å². The summed E-state index contributed by atoms with van der Waals surface area (Å²) in [5.41, 5.74) is 1.89. The molecule has 0 aliphatic heterocycles. The van der Waals surface area contributed by atoms with Crippen LogP contribution >= 0.6 is 0 Å². The molecule has 0 N–H and O–H groups in total. The molecule has 2 nitrogen and oxygen atoms in total. The van der Waals surface area contributed by atoms with Gasteiger partial charge in [-0.3, -0.25) is 4.98 Å². The average molecular weight is 338 g/mol. The first-order chi connectivity index (χ1) is 10.3. The minimum Gasteiger partial charge on any atom is -0.417 e. The topological polar surface area (TPSA) is 22.1 Å². The fourth-order valence-electron chi connectivity index (χ4n) is 2.15. The van der Waals surface area contributed by atoms with Gasteiger partial charge in [0.05, 0.1) is 6.20 Å². The number of pyridine rings is 1. The Morgan fingerprint density at radius 3 is 2.35 bits per heavy atom. The summed E-state index contributed by atoms with van der Waals surface area (Å²) in [5, 5.41) is 0.232. The fourth-order valence-corrected chi connectivity index (χ4v) is 3.20. The normalized spacial score (nSPS) is 14.2. The third-order valence-electron chi connectivity index (χ3n) is 4.78. The molecule has 0 saturated carbocycles. The molecule has 0 aliphatic rings. The molecule has 1 heterocycles. The predicted octanol–water partition coefficient (Wildman–Crippen LogP) is 6.06. The van der Waals surface area contributed by atoms with Crippen LogP contribution in [0.5, 0.6) is 0 Å². The van der Waals surface area contributed by atoms with Gasteiger partial charge in [0.1, 0.15) is 5.82 Å². The standard InChI is InChI=1S/C19H32FNOSi/c1-15(16-11-17(20)14-21-13-16)12-19(5,6)9-10-22-23(7,8)18(2,3)4/h11-14H,9-10H2,1-8H3/b15-12+. The molecule has 1 aromatic rings. The fraction of sp³-hybridized carbons (Fsp3) is 0.632. The van der Waals surface area contributed by atoms with Crippen molar-refractivity contribution in [3.8, 4) is 0 Å². The van der Waals surface area contributed by atoms with E-state index in [9.17, 15) is 4.39 Å². The van der Waals surface area contributed by atoms with Crippen LogP contribution in [0.3, 0.4) is 0 Å². The predicted molar refractivity (Wildman–Crippen MR) is 99.4 cm³/mol. The van der Waals surface area contributed by atoms with Crippen molar-refractivity contribution in [1.82, 2.24) is 4.98 Å². The first-order valence-electron chi connectivity index (χ1n) is 8.28. The van der Waals surface area contributed by atoms with E-state index in [1.165, 1.54) is 12.3 Å². The van der Waals surface area contributed by atoms with Crippen molar-refractivity contribution in [2.75, 3.05) is 6.61 Å². The van der Waals surface area contributed by atoms with Crippen LogP contribution in [0.15, 0.2) is 24.5 Å². The molecule has 0 fully saturated rings. The number of nitrogens with zero attached hydrogens (tertiary/aromatic N) is 1. The summed E-state index contributed by atoms with van der Waals surface area (Å²) in [4.78, 5) is 3.92. The molecule has 0 amide bonds. The van der Waals surface area contributed by atoms with Crippen LogP contribution < -0.4 is 0 Å². The summed E-state index contributed by atoms with van der Waals surface area (Å²) in [6.45, 7) is 18.5. The monoisotopic (exact) mass is 337 g/mol. The zero-order chi connectivity index (χ0) is 17.9. The van der Waals surface area contributed by atoms with Crippen molar-refractivity contribution < 1.29 is 8.82 Å².